The van der Waals surface area contributed by atoms with Crippen molar-refractivity contribution in [2.45, 2.75) is 69.2 Å². The maximum absolute atomic E-state index is 4.51. The van der Waals surface area contributed by atoms with Crippen molar-refractivity contribution in [2.24, 2.45) is 15.0 Å². The number of nitrogens with zero attached hydrogens (tertiary/aromatic N) is 9. The molecule has 3 aromatic heterocycles. The van der Waals surface area contributed by atoms with Gasteiger partial charge in [-0.05, 0) is 32.2 Å². The molecule has 0 unspecified atom stereocenters. The Kier molecular flexibility index (Phi) is 17.8. The number of rotatable bonds is 18. The molecular weight excluding hydrogens is 607 g/mol. The molecule has 3 heterocycles. The number of aliphatic imine (C=N–C) groups is 3. The number of hydrogen-bond donors (Lipinski definition) is 1. The average molecular weight is 653 g/mol. The predicted molar refractivity (Wildman–Crippen MR) is 167 cm³/mol. The van der Waals surface area contributed by atoms with Crippen molar-refractivity contribution in [1.82, 2.24) is 34.8 Å². The van der Waals surface area contributed by atoms with Gasteiger partial charge in [0.25, 0.3) is 0 Å². The Hall–Kier alpha value is -2.60. The van der Waals surface area contributed by atoms with E-state index in [1.54, 1.807) is 40.3 Å². The molecule has 0 aromatic carbocycles. The van der Waals surface area contributed by atoms with Gasteiger partial charge in [-0.1, -0.05) is 24.0 Å². The summed E-state index contributed by atoms with van der Waals surface area (Å²) in [6.07, 6.45) is 16.0. The molecule has 216 valence electrons. The van der Waals surface area contributed by atoms with Crippen LogP contribution in [0.5, 0.6) is 0 Å². The van der Waals surface area contributed by atoms with Crippen LogP contribution in [0.25, 0.3) is 0 Å². The zero-order valence-electron chi connectivity index (χ0n) is 25.0. The summed E-state index contributed by atoms with van der Waals surface area (Å²) in [7, 11) is 0. The Morgan fingerprint density at radius 2 is 1.27 bits per heavy atom. The van der Waals surface area contributed by atoms with E-state index in [2.05, 4.69) is 63.6 Å². The molecule has 3 aromatic rings. The summed E-state index contributed by atoms with van der Waals surface area (Å²) in [5.74, 6) is 0. The molecule has 0 saturated carbocycles. The zero-order chi connectivity index (χ0) is 28.8. The van der Waals surface area contributed by atoms with E-state index in [9.17, 15) is 0 Å². The number of H-pyrrole nitrogens is 1. The van der Waals surface area contributed by atoms with Gasteiger partial charge in [-0.2, -0.15) is 0 Å². The van der Waals surface area contributed by atoms with Crippen LogP contribution in [0.4, 0.5) is 0 Å². The average Bonchev–Trinajstić information content (AvgIpc) is 3.68. The third-order valence-corrected chi connectivity index (χ3v) is 10.2. The molecule has 0 aliphatic carbocycles. The fourth-order valence-electron chi connectivity index (χ4n) is 3.54. The smallest absolute Gasteiger partial charge is 0.101 e. The molecule has 0 aliphatic rings. The maximum atomic E-state index is 4.51. The van der Waals surface area contributed by atoms with Crippen LogP contribution in [0.15, 0.2) is 34.0 Å². The van der Waals surface area contributed by atoms with Crippen LogP contribution in [0, 0.1) is 20.8 Å². The number of aryl methyl sites for hydroxylation is 3. The Balaban J connectivity index is 0.000000536. The SMILES string of the molecule is CCC[CH2][Sn+2][CH2]CCC.Cc1nc[n-]c1C=NCCN(CCN=Cc1nc[nH]c1C)CCN=Cc1[n-]cnc1C. The minimum Gasteiger partial charge on any atom is -0.447 e. The van der Waals surface area contributed by atoms with Crippen molar-refractivity contribution in [3.05, 3.63) is 53.1 Å². The van der Waals surface area contributed by atoms with Crippen LogP contribution >= 0.6 is 0 Å². The molecule has 10 nitrogen and oxygen atoms in total. The summed E-state index contributed by atoms with van der Waals surface area (Å²) in [5.41, 5.74) is 5.31. The first-order valence-corrected chi connectivity index (χ1v) is 18.4. The predicted octanol–water partition coefficient (Wildman–Crippen LogP) is 4.13. The number of aromatic amines is 1. The third kappa shape index (κ3) is 14.2. The first-order chi connectivity index (χ1) is 19.5. The molecule has 0 fully saturated rings. The summed E-state index contributed by atoms with van der Waals surface area (Å²) in [4.78, 5) is 39.7. The molecule has 0 atom stereocenters. The largest absolute Gasteiger partial charge is 0.447 e. The summed E-state index contributed by atoms with van der Waals surface area (Å²) < 4.78 is 3.25. The quantitative estimate of drug-likeness (QED) is 0.125. The van der Waals surface area contributed by atoms with E-state index in [0.29, 0.717) is 19.6 Å². The van der Waals surface area contributed by atoms with Crippen LogP contribution < -0.4 is 9.97 Å². The van der Waals surface area contributed by atoms with Gasteiger partial charge in [-0.25, -0.2) is 4.98 Å². The second-order valence-electron chi connectivity index (χ2n) is 9.51. The van der Waals surface area contributed by atoms with Crippen molar-refractivity contribution in [2.75, 3.05) is 39.3 Å². The van der Waals surface area contributed by atoms with Crippen molar-refractivity contribution in [3.8, 4) is 0 Å². The Morgan fingerprint density at radius 3 is 1.68 bits per heavy atom. The van der Waals surface area contributed by atoms with Gasteiger partial charge in [0.05, 0.1) is 26.0 Å². The normalized spacial score (nSPS) is 11.7. The van der Waals surface area contributed by atoms with E-state index in [1.807, 2.05) is 27.0 Å². The molecule has 0 amide bonds. The monoisotopic (exact) mass is 654 g/mol. The van der Waals surface area contributed by atoms with E-state index in [0.717, 1.165) is 53.8 Å². The molecular formula is C29H46N10Sn. The molecule has 3 rings (SSSR count). The summed E-state index contributed by atoms with van der Waals surface area (Å²) >= 11 is 0.149. The minimum atomic E-state index is 0.149. The molecule has 0 bridgehead atoms. The first-order valence-electron chi connectivity index (χ1n) is 14.4. The van der Waals surface area contributed by atoms with Gasteiger partial charge in [0.1, 0.15) is 5.69 Å². The fraction of sp³-hybridized carbons (Fsp3) is 0.586. The van der Waals surface area contributed by atoms with Crippen LogP contribution in [0.3, 0.4) is 0 Å². The molecule has 0 spiro atoms. The van der Waals surface area contributed by atoms with Gasteiger partial charge < -0.3 is 24.9 Å². The van der Waals surface area contributed by atoms with Gasteiger partial charge in [0, 0.05) is 44.0 Å². The number of hydrogen-bond acceptors (Lipinski definition) is 7. The number of aromatic nitrogens is 6. The van der Waals surface area contributed by atoms with Gasteiger partial charge in [-0.15, -0.1) is 0 Å². The van der Waals surface area contributed by atoms with Crippen LogP contribution in [0.1, 0.15) is 73.7 Å². The van der Waals surface area contributed by atoms with Crippen LogP contribution in [-0.2, 0) is 0 Å². The molecule has 40 heavy (non-hydrogen) atoms. The van der Waals surface area contributed by atoms with E-state index >= 15 is 0 Å². The first kappa shape index (κ1) is 33.6. The Bertz CT molecular complexity index is 993. The third-order valence-electron chi connectivity index (χ3n) is 6.20. The molecule has 0 radical (unpaired) electrons. The van der Waals surface area contributed by atoms with Crippen LogP contribution in [-0.4, -0.2) is 104 Å². The number of unbranched alkanes of at least 4 members (excludes halogenated alkanes) is 2. The summed E-state index contributed by atoms with van der Waals surface area (Å²) in [5, 5.41) is 0. The van der Waals surface area contributed by atoms with Gasteiger partial charge in [-0.3, -0.25) is 19.9 Å². The second kappa shape index (κ2) is 21.2. The number of imidazole rings is 3. The van der Waals surface area contributed by atoms with Gasteiger partial charge in [0.15, 0.2) is 0 Å². The zero-order valence-corrected chi connectivity index (χ0v) is 27.8. The minimum absolute atomic E-state index is 0.149. The van der Waals surface area contributed by atoms with E-state index in [1.165, 1.54) is 25.7 Å². The molecule has 11 heteroatoms. The fourth-order valence-corrected chi connectivity index (χ4v) is 7.70. The van der Waals surface area contributed by atoms with Crippen molar-refractivity contribution in [3.63, 3.8) is 0 Å². The van der Waals surface area contributed by atoms with Gasteiger partial charge in [0.2, 0.25) is 0 Å². The molecule has 0 aliphatic heterocycles. The molecule has 0 saturated heterocycles. The second-order valence-corrected chi connectivity index (χ2v) is 13.8. The van der Waals surface area contributed by atoms with Crippen molar-refractivity contribution in [1.29, 1.82) is 0 Å². The Morgan fingerprint density at radius 1 is 0.775 bits per heavy atom. The standard InChI is InChI=1S/C21H28N10.2C4H9.Sn/c1-16-19(28-13-25-16)10-22-4-7-31(8-5-23-11-20-17(2)26-14-29-20)9-6-24-12-21-18(3)27-15-30-21;2*1-3-4-2;/h10-15H,4-9H2,1-3H3,(H-2,25,26,27,28,29,30);2*1,3-4H2,2H3;/q-2;;;+2. The van der Waals surface area contributed by atoms with E-state index < -0.39 is 0 Å². The van der Waals surface area contributed by atoms with Crippen LogP contribution in [0.2, 0.25) is 8.87 Å². The van der Waals surface area contributed by atoms with Gasteiger partial charge >= 0.3 is 69.5 Å². The van der Waals surface area contributed by atoms with E-state index in [-0.39, 0.29) is 21.1 Å². The van der Waals surface area contributed by atoms with Crippen molar-refractivity contribution < 1.29 is 0 Å². The maximum Gasteiger partial charge on any atom is 0.101 e. The number of nitrogens with one attached hydrogen (secondary N) is 1. The summed E-state index contributed by atoms with van der Waals surface area (Å²) in [6.45, 7) is 14.9. The van der Waals surface area contributed by atoms with Crippen molar-refractivity contribution >= 4 is 39.8 Å². The summed E-state index contributed by atoms with van der Waals surface area (Å²) in [6, 6.07) is 0. The Labute approximate surface area is 250 Å². The molecule has 1 N–H and O–H groups in total. The topological polar surface area (TPSA) is 123 Å². The van der Waals surface area contributed by atoms with E-state index in [4.69, 9.17) is 0 Å².